The molecule has 1 rings (SSSR count). The van der Waals surface area contributed by atoms with Gasteiger partial charge in [-0.15, -0.1) is 0 Å². The summed E-state index contributed by atoms with van der Waals surface area (Å²) in [7, 11) is 1.27. The number of halogens is 2. The van der Waals surface area contributed by atoms with E-state index >= 15 is 0 Å². The molecule has 0 aliphatic rings. The molecule has 6 heteroatoms. The molecule has 1 aromatic carbocycles. The van der Waals surface area contributed by atoms with Gasteiger partial charge in [-0.1, -0.05) is 0 Å². The van der Waals surface area contributed by atoms with E-state index in [2.05, 4.69) is 4.74 Å². The Morgan fingerprint density at radius 1 is 1.44 bits per heavy atom. The summed E-state index contributed by atoms with van der Waals surface area (Å²) in [5.74, 6) is -1.19. The molecule has 0 unspecified atom stereocenters. The molecule has 1 amide bonds. The molecule has 0 heterocycles. The minimum atomic E-state index is -0.484. The lowest BCUT2D eigenvalue weighted by atomic mass is 10.2. The standard InChI is InChI=1S/C12H13FINO3/c1-3-15(7-11(16)18-2)12(17)9-5-4-8(13)6-10(9)14/h4-6H,3,7H2,1-2H3. The molecule has 0 saturated carbocycles. The van der Waals surface area contributed by atoms with Gasteiger partial charge in [-0.05, 0) is 47.7 Å². The third kappa shape index (κ3) is 3.66. The average molecular weight is 365 g/mol. The molecule has 1 aromatic rings. The van der Waals surface area contributed by atoms with Gasteiger partial charge in [0, 0.05) is 10.1 Å². The van der Waals surface area contributed by atoms with Gasteiger partial charge in [0.15, 0.2) is 0 Å². The summed E-state index contributed by atoms with van der Waals surface area (Å²) in [5, 5.41) is 0. The maximum absolute atomic E-state index is 13.0. The minimum absolute atomic E-state index is 0.112. The normalized spacial score (nSPS) is 10.0. The predicted octanol–water partition coefficient (Wildman–Crippen LogP) is 2.07. The Morgan fingerprint density at radius 3 is 2.61 bits per heavy atom. The van der Waals surface area contributed by atoms with Crippen molar-refractivity contribution in [1.82, 2.24) is 4.90 Å². The topological polar surface area (TPSA) is 46.6 Å². The monoisotopic (exact) mass is 365 g/mol. The number of nitrogens with zero attached hydrogens (tertiary/aromatic N) is 1. The van der Waals surface area contributed by atoms with Crippen LogP contribution in [0.1, 0.15) is 17.3 Å². The van der Waals surface area contributed by atoms with Gasteiger partial charge >= 0.3 is 5.97 Å². The summed E-state index contributed by atoms with van der Waals surface area (Å²) in [6.45, 7) is 2.03. The molecule has 0 aliphatic carbocycles. The molecule has 18 heavy (non-hydrogen) atoms. The quantitative estimate of drug-likeness (QED) is 0.606. The van der Waals surface area contributed by atoms with Crippen molar-refractivity contribution in [3.63, 3.8) is 0 Å². The fourth-order valence-corrected chi connectivity index (χ4v) is 2.09. The van der Waals surface area contributed by atoms with Crippen LogP contribution >= 0.6 is 22.6 Å². The largest absolute Gasteiger partial charge is 0.468 e. The first kappa shape index (κ1) is 14.9. The van der Waals surface area contributed by atoms with E-state index in [9.17, 15) is 14.0 Å². The zero-order valence-corrected chi connectivity index (χ0v) is 12.2. The first-order valence-electron chi connectivity index (χ1n) is 5.30. The van der Waals surface area contributed by atoms with Crippen molar-refractivity contribution in [3.05, 3.63) is 33.1 Å². The molecule has 0 spiro atoms. The smallest absolute Gasteiger partial charge is 0.325 e. The van der Waals surface area contributed by atoms with E-state index in [1.54, 1.807) is 6.92 Å². The van der Waals surface area contributed by atoms with E-state index < -0.39 is 11.8 Å². The van der Waals surface area contributed by atoms with Crippen LogP contribution in [-0.4, -0.2) is 37.0 Å². The van der Waals surface area contributed by atoms with Crippen LogP contribution < -0.4 is 0 Å². The van der Waals surface area contributed by atoms with Crippen molar-refractivity contribution in [2.24, 2.45) is 0 Å². The van der Waals surface area contributed by atoms with E-state index in [4.69, 9.17) is 0 Å². The van der Waals surface area contributed by atoms with Gasteiger partial charge in [0.25, 0.3) is 5.91 Å². The van der Waals surface area contributed by atoms with Gasteiger partial charge in [-0.25, -0.2) is 4.39 Å². The van der Waals surface area contributed by atoms with Gasteiger partial charge in [-0.3, -0.25) is 9.59 Å². The van der Waals surface area contributed by atoms with Gasteiger partial charge in [0.1, 0.15) is 12.4 Å². The summed E-state index contributed by atoms with van der Waals surface area (Å²) in [6, 6.07) is 3.92. The van der Waals surface area contributed by atoms with Crippen molar-refractivity contribution < 1.29 is 18.7 Å². The predicted molar refractivity (Wildman–Crippen MR) is 72.7 cm³/mol. The molecule has 0 bridgehead atoms. The van der Waals surface area contributed by atoms with Gasteiger partial charge in [0.05, 0.1) is 12.7 Å². The number of benzene rings is 1. The second kappa shape index (κ2) is 6.67. The number of likely N-dealkylation sites (N-methyl/N-ethyl adjacent to an activating group) is 1. The highest BCUT2D eigenvalue weighted by molar-refractivity contribution is 14.1. The fraction of sp³-hybridized carbons (Fsp3) is 0.333. The van der Waals surface area contributed by atoms with Crippen LogP contribution in [0.2, 0.25) is 0 Å². The van der Waals surface area contributed by atoms with Crippen molar-refractivity contribution in [1.29, 1.82) is 0 Å². The number of carbonyl (C=O) groups is 2. The Balaban J connectivity index is 2.93. The van der Waals surface area contributed by atoms with Crippen LogP contribution in [0.3, 0.4) is 0 Å². The number of rotatable bonds is 4. The second-order valence-corrected chi connectivity index (χ2v) is 4.68. The zero-order valence-electron chi connectivity index (χ0n) is 10.1. The molecule has 98 valence electrons. The van der Waals surface area contributed by atoms with Crippen molar-refractivity contribution in [2.45, 2.75) is 6.92 Å². The van der Waals surface area contributed by atoms with Gasteiger partial charge in [-0.2, -0.15) is 0 Å². The maximum Gasteiger partial charge on any atom is 0.325 e. The molecule has 0 radical (unpaired) electrons. The van der Waals surface area contributed by atoms with E-state index in [0.29, 0.717) is 15.7 Å². The third-order valence-electron chi connectivity index (χ3n) is 2.38. The van der Waals surface area contributed by atoms with Crippen LogP contribution in [0.15, 0.2) is 18.2 Å². The number of methoxy groups -OCH3 is 1. The Hall–Kier alpha value is -1.18. The Labute approximate surface area is 118 Å². The van der Waals surface area contributed by atoms with E-state index in [-0.39, 0.29) is 12.5 Å². The fourth-order valence-electron chi connectivity index (χ4n) is 1.38. The average Bonchev–Trinajstić information content (AvgIpc) is 2.34. The van der Waals surface area contributed by atoms with E-state index in [1.165, 1.54) is 30.2 Å². The number of esters is 1. The van der Waals surface area contributed by atoms with Gasteiger partial charge in [0.2, 0.25) is 0 Å². The molecule has 0 atom stereocenters. The highest BCUT2D eigenvalue weighted by Gasteiger charge is 2.19. The lowest BCUT2D eigenvalue weighted by molar-refractivity contribution is -0.141. The van der Waals surface area contributed by atoms with Crippen LogP contribution in [0.4, 0.5) is 4.39 Å². The van der Waals surface area contributed by atoms with Crippen LogP contribution in [-0.2, 0) is 9.53 Å². The zero-order chi connectivity index (χ0) is 13.7. The summed E-state index contributed by atoms with van der Waals surface area (Å²) in [6.07, 6.45) is 0. The molecular weight excluding hydrogens is 352 g/mol. The lowest BCUT2D eigenvalue weighted by Crippen LogP contribution is -2.36. The number of hydrogen-bond donors (Lipinski definition) is 0. The molecule has 0 N–H and O–H groups in total. The highest BCUT2D eigenvalue weighted by atomic mass is 127. The van der Waals surface area contributed by atoms with E-state index in [0.717, 1.165) is 0 Å². The van der Waals surface area contributed by atoms with Crippen molar-refractivity contribution >= 4 is 34.5 Å². The first-order valence-corrected chi connectivity index (χ1v) is 6.38. The maximum atomic E-state index is 13.0. The molecule has 4 nitrogen and oxygen atoms in total. The summed E-state index contributed by atoms with van der Waals surface area (Å²) >= 11 is 1.89. The summed E-state index contributed by atoms with van der Waals surface area (Å²) in [4.78, 5) is 24.7. The van der Waals surface area contributed by atoms with Crippen LogP contribution in [0.5, 0.6) is 0 Å². The first-order chi connectivity index (χ1) is 8.49. The molecular formula is C12H13FINO3. The number of amides is 1. The highest BCUT2D eigenvalue weighted by Crippen LogP contribution is 2.16. The Kier molecular flexibility index (Phi) is 5.52. The summed E-state index contributed by atoms with van der Waals surface area (Å²) < 4.78 is 18.0. The summed E-state index contributed by atoms with van der Waals surface area (Å²) in [5.41, 5.74) is 0.378. The number of hydrogen-bond acceptors (Lipinski definition) is 3. The number of ether oxygens (including phenoxy) is 1. The van der Waals surface area contributed by atoms with Gasteiger partial charge < -0.3 is 9.64 Å². The molecule has 0 aromatic heterocycles. The third-order valence-corrected chi connectivity index (χ3v) is 3.27. The Morgan fingerprint density at radius 2 is 2.11 bits per heavy atom. The minimum Gasteiger partial charge on any atom is -0.468 e. The second-order valence-electron chi connectivity index (χ2n) is 3.52. The molecule has 0 aliphatic heterocycles. The molecule has 0 saturated heterocycles. The SMILES string of the molecule is CCN(CC(=O)OC)C(=O)c1ccc(F)cc1I. The van der Waals surface area contributed by atoms with Crippen molar-refractivity contribution in [2.75, 3.05) is 20.2 Å². The molecule has 0 fully saturated rings. The van der Waals surface area contributed by atoms with E-state index in [1.807, 2.05) is 22.6 Å². The van der Waals surface area contributed by atoms with Crippen molar-refractivity contribution in [3.8, 4) is 0 Å². The van der Waals surface area contributed by atoms with Crippen LogP contribution in [0, 0.1) is 9.39 Å². The lowest BCUT2D eigenvalue weighted by Gasteiger charge is -2.20. The Bertz CT molecular complexity index is 465. The number of carbonyl (C=O) groups excluding carboxylic acids is 2. The van der Waals surface area contributed by atoms with Crippen LogP contribution in [0.25, 0.3) is 0 Å².